The molecule has 29 heavy (non-hydrogen) atoms. The Kier molecular flexibility index (Phi) is 5.87. The molecule has 0 atom stereocenters. The van der Waals surface area contributed by atoms with Crippen LogP contribution in [-0.2, 0) is 6.54 Å². The van der Waals surface area contributed by atoms with Gasteiger partial charge in [0.15, 0.2) is 5.75 Å². The van der Waals surface area contributed by atoms with Gasteiger partial charge in [0, 0.05) is 18.2 Å². The smallest absolute Gasteiger partial charge is 0.342 e. The van der Waals surface area contributed by atoms with Crippen LogP contribution in [0.15, 0.2) is 47.4 Å². The number of aromatic carboxylic acids is 1. The Morgan fingerprint density at radius 2 is 2.07 bits per heavy atom. The normalized spacial score (nSPS) is 10.4. The molecule has 9 heteroatoms. The number of hydrogen-bond donors (Lipinski definition) is 1. The number of pyridine rings is 2. The Balaban J connectivity index is 2.24. The Bertz CT molecular complexity index is 1220. The molecule has 1 aromatic carbocycles. The first kappa shape index (κ1) is 20.4. The lowest BCUT2D eigenvalue weighted by Gasteiger charge is -2.17. The predicted molar refractivity (Wildman–Crippen MR) is 108 cm³/mol. The summed E-state index contributed by atoms with van der Waals surface area (Å²) in [5.41, 5.74) is -0.517. The molecule has 0 saturated heterocycles. The van der Waals surface area contributed by atoms with Crippen LogP contribution in [0.5, 0.6) is 11.6 Å². The monoisotopic (exact) mass is 429 g/mol. The van der Waals surface area contributed by atoms with Crippen molar-refractivity contribution in [1.29, 1.82) is 5.26 Å². The van der Waals surface area contributed by atoms with Crippen molar-refractivity contribution in [2.45, 2.75) is 13.5 Å². The van der Waals surface area contributed by atoms with E-state index in [-0.39, 0.29) is 33.1 Å². The minimum atomic E-state index is -1.42. The van der Waals surface area contributed by atoms with Gasteiger partial charge in [-0.3, -0.25) is 4.79 Å². The maximum absolute atomic E-state index is 12.9. The maximum atomic E-state index is 12.9. The molecular weight excluding hydrogens is 417 g/mol. The second-order valence-electron chi connectivity index (χ2n) is 5.84. The average Bonchev–Trinajstić information content (AvgIpc) is 2.68. The molecular formula is C20H13Cl2N3O4. The molecule has 0 aliphatic rings. The van der Waals surface area contributed by atoms with Crippen LogP contribution in [-0.4, -0.2) is 20.6 Å². The lowest BCUT2D eigenvalue weighted by molar-refractivity contribution is 0.0695. The van der Waals surface area contributed by atoms with E-state index < -0.39 is 17.0 Å². The molecule has 0 spiro atoms. The highest BCUT2D eigenvalue weighted by molar-refractivity contribution is 6.32. The zero-order valence-corrected chi connectivity index (χ0v) is 16.5. The second-order valence-corrected chi connectivity index (χ2v) is 6.64. The van der Waals surface area contributed by atoms with Crippen molar-refractivity contribution in [3.05, 3.63) is 74.1 Å². The summed E-state index contributed by atoms with van der Waals surface area (Å²) in [5.74, 6) is -1.57. The molecule has 146 valence electrons. The van der Waals surface area contributed by atoms with Gasteiger partial charge >= 0.3 is 5.97 Å². The Labute approximate surface area is 175 Å². The van der Waals surface area contributed by atoms with E-state index in [1.807, 2.05) is 6.07 Å². The summed E-state index contributed by atoms with van der Waals surface area (Å²) in [6.45, 7) is 2.12. The lowest BCUT2D eigenvalue weighted by Crippen LogP contribution is -2.22. The van der Waals surface area contributed by atoms with E-state index in [1.54, 1.807) is 23.6 Å². The summed E-state index contributed by atoms with van der Waals surface area (Å²) < 4.78 is 7.07. The third kappa shape index (κ3) is 4.09. The van der Waals surface area contributed by atoms with Crippen molar-refractivity contribution in [2.75, 3.05) is 0 Å². The fourth-order valence-electron chi connectivity index (χ4n) is 2.78. The molecule has 0 bridgehead atoms. The Morgan fingerprint density at radius 3 is 2.66 bits per heavy atom. The van der Waals surface area contributed by atoms with Gasteiger partial charge in [0.2, 0.25) is 11.3 Å². The molecule has 1 N–H and O–H groups in total. The Morgan fingerprint density at radius 1 is 1.31 bits per heavy atom. The Hall–Kier alpha value is -3.34. The van der Waals surface area contributed by atoms with Crippen LogP contribution in [0.1, 0.15) is 22.8 Å². The van der Waals surface area contributed by atoms with Crippen molar-refractivity contribution in [1.82, 2.24) is 9.55 Å². The van der Waals surface area contributed by atoms with Gasteiger partial charge in [0.25, 0.3) is 0 Å². The number of carboxylic acids is 1. The first-order valence-electron chi connectivity index (χ1n) is 8.36. The number of aromatic nitrogens is 2. The number of halogens is 2. The molecule has 2 heterocycles. The molecule has 0 unspecified atom stereocenters. The molecule has 0 saturated carbocycles. The van der Waals surface area contributed by atoms with Gasteiger partial charge in [-0.2, -0.15) is 5.26 Å². The van der Waals surface area contributed by atoms with E-state index in [9.17, 15) is 14.7 Å². The highest BCUT2D eigenvalue weighted by Crippen LogP contribution is 2.29. The number of aryl methyl sites for hydroxylation is 1. The minimum Gasteiger partial charge on any atom is -0.477 e. The van der Waals surface area contributed by atoms with Gasteiger partial charge in [0.1, 0.15) is 16.8 Å². The standard InChI is InChI=1S/C20H13Cl2N3O4/c1-2-25-10-14(29-16-5-3-4-15(22)24-16)19(26)17(20(27)28)18(25)11-6-7-12(9-23)13(21)8-11/h3-8,10H,2H2,1H3,(H,27,28). The fourth-order valence-corrected chi connectivity index (χ4v) is 3.16. The number of nitrogens with zero attached hydrogens (tertiary/aromatic N) is 3. The van der Waals surface area contributed by atoms with Crippen LogP contribution in [0.2, 0.25) is 10.2 Å². The first-order chi connectivity index (χ1) is 13.8. The summed E-state index contributed by atoms with van der Waals surface area (Å²) in [7, 11) is 0. The number of rotatable bonds is 5. The maximum Gasteiger partial charge on any atom is 0.342 e. The topological polar surface area (TPSA) is 105 Å². The van der Waals surface area contributed by atoms with Gasteiger partial charge in [-0.25, -0.2) is 9.78 Å². The van der Waals surface area contributed by atoms with Gasteiger partial charge in [-0.1, -0.05) is 35.3 Å². The third-order valence-electron chi connectivity index (χ3n) is 4.07. The molecule has 3 aromatic rings. The molecule has 0 amide bonds. The van der Waals surface area contributed by atoms with Crippen LogP contribution in [0, 0.1) is 11.3 Å². The van der Waals surface area contributed by atoms with Crippen LogP contribution >= 0.6 is 23.2 Å². The predicted octanol–water partition coefficient (Wildman–Crippen LogP) is 4.60. The van der Waals surface area contributed by atoms with Crippen LogP contribution in [0.3, 0.4) is 0 Å². The van der Waals surface area contributed by atoms with Crippen LogP contribution < -0.4 is 10.2 Å². The SMILES string of the molecule is CCn1cc(Oc2cccc(Cl)n2)c(=O)c(C(=O)O)c1-c1ccc(C#N)c(Cl)c1. The van der Waals surface area contributed by atoms with E-state index in [2.05, 4.69) is 4.98 Å². The van der Waals surface area contributed by atoms with E-state index in [4.69, 9.17) is 33.2 Å². The largest absolute Gasteiger partial charge is 0.477 e. The summed E-state index contributed by atoms with van der Waals surface area (Å²) in [4.78, 5) is 28.8. The number of carbonyl (C=O) groups is 1. The lowest BCUT2D eigenvalue weighted by atomic mass is 10.0. The molecule has 3 rings (SSSR count). The van der Waals surface area contributed by atoms with Gasteiger partial charge in [-0.05, 0) is 25.1 Å². The summed E-state index contributed by atoms with van der Waals surface area (Å²) in [5, 5.41) is 19.1. The third-order valence-corrected chi connectivity index (χ3v) is 4.59. The number of ether oxygens (including phenoxy) is 1. The van der Waals surface area contributed by atoms with Crippen molar-refractivity contribution in [2.24, 2.45) is 0 Å². The number of carboxylic acid groups (broad SMARTS) is 1. The van der Waals surface area contributed by atoms with E-state index >= 15 is 0 Å². The van der Waals surface area contributed by atoms with Crippen molar-refractivity contribution >= 4 is 29.2 Å². The molecule has 0 fully saturated rings. The molecule has 0 aliphatic carbocycles. The number of benzene rings is 1. The van der Waals surface area contributed by atoms with E-state index in [1.165, 1.54) is 30.5 Å². The number of hydrogen-bond acceptors (Lipinski definition) is 5. The number of nitriles is 1. The van der Waals surface area contributed by atoms with Crippen LogP contribution in [0.25, 0.3) is 11.3 Å². The zero-order chi connectivity index (χ0) is 21.1. The van der Waals surface area contributed by atoms with Gasteiger partial charge in [0.05, 0.1) is 22.5 Å². The fraction of sp³-hybridized carbons (Fsp3) is 0.100. The molecule has 2 aromatic heterocycles. The first-order valence-corrected chi connectivity index (χ1v) is 9.12. The molecule has 0 radical (unpaired) electrons. The van der Waals surface area contributed by atoms with Gasteiger partial charge in [-0.15, -0.1) is 0 Å². The van der Waals surface area contributed by atoms with Gasteiger partial charge < -0.3 is 14.4 Å². The van der Waals surface area contributed by atoms with E-state index in [0.717, 1.165) is 0 Å². The summed E-state index contributed by atoms with van der Waals surface area (Å²) in [6.07, 6.45) is 1.40. The molecule has 7 nitrogen and oxygen atoms in total. The highest BCUT2D eigenvalue weighted by Gasteiger charge is 2.24. The van der Waals surface area contributed by atoms with Crippen LogP contribution in [0.4, 0.5) is 0 Å². The quantitative estimate of drug-likeness (QED) is 0.594. The highest BCUT2D eigenvalue weighted by atomic mass is 35.5. The second kappa shape index (κ2) is 8.35. The zero-order valence-electron chi connectivity index (χ0n) is 15.0. The average molecular weight is 430 g/mol. The van der Waals surface area contributed by atoms with Crippen molar-refractivity contribution in [3.63, 3.8) is 0 Å². The molecule has 0 aliphatic heterocycles. The van der Waals surface area contributed by atoms with E-state index in [0.29, 0.717) is 12.1 Å². The van der Waals surface area contributed by atoms with Crippen molar-refractivity contribution in [3.8, 4) is 29.0 Å². The van der Waals surface area contributed by atoms with Crippen molar-refractivity contribution < 1.29 is 14.6 Å². The summed E-state index contributed by atoms with van der Waals surface area (Å²) in [6, 6.07) is 11.0. The summed E-state index contributed by atoms with van der Waals surface area (Å²) >= 11 is 11.9. The minimum absolute atomic E-state index is 0.0581.